The minimum absolute atomic E-state index is 0.273. The Labute approximate surface area is 87.2 Å². The summed E-state index contributed by atoms with van der Waals surface area (Å²) >= 11 is 0. The summed E-state index contributed by atoms with van der Waals surface area (Å²) in [6.07, 6.45) is 4.80. The summed E-state index contributed by atoms with van der Waals surface area (Å²) in [5, 5.41) is 3.29. The van der Waals surface area contributed by atoms with Crippen LogP contribution in [0, 0.1) is 5.92 Å². The number of rotatable bonds is 8. The van der Waals surface area contributed by atoms with Crippen LogP contribution >= 0.6 is 0 Å². The Morgan fingerprint density at radius 3 is 2.57 bits per heavy atom. The Morgan fingerprint density at radius 2 is 2.00 bits per heavy atom. The molecule has 3 nitrogen and oxygen atoms in total. The Morgan fingerprint density at radius 1 is 1.29 bits per heavy atom. The maximum atomic E-state index is 11.1. The van der Waals surface area contributed by atoms with Crippen molar-refractivity contribution >= 4 is 9.84 Å². The molecule has 0 aliphatic heterocycles. The van der Waals surface area contributed by atoms with Gasteiger partial charge in [-0.2, -0.15) is 0 Å². The van der Waals surface area contributed by atoms with Crippen molar-refractivity contribution in [3.05, 3.63) is 0 Å². The van der Waals surface area contributed by atoms with Gasteiger partial charge in [0.15, 0.2) is 0 Å². The van der Waals surface area contributed by atoms with Gasteiger partial charge in [0.05, 0.1) is 5.75 Å². The number of hydrogen-bond acceptors (Lipinski definition) is 3. The van der Waals surface area contributed by atoms with Crippen molar-refractivity contribution in [1.29, 1.82) is 0 Å². The van der Waals surface area contributed by atoms with E-state index in [0.717, 1.165) is 25.4 Å². The van der Waals surface area contributed by atoms with Crippen molar-refractivity contribution in [2.24, 2.45) is 5.92 Å². The lowest BCUT2D eigenvalue weighted by molar-refractivity contribution is 0.582. The normalized spacial score (nSPS) is 17.2. The predicted molar refractivity (Wildman–Crippen MR) is 59.2 cm³/mol. The van der Waals surface area contributed by atoms with E-state index in [1.54, 1.807) is 6.92 Å². The van der Waals surface area contributed by atoms with E-state index < -0.39 is 9.84 Å². The zero-order chi connectivity index (χ0) is 10.4. The van der Waals surface area contributed by atoms with Crippen molar-refractivity contribution in [2.75, 3.05) is 24.6 Å². The van der Waals surface area contributed by atoms with Crippen molar-refractivity contribution < 1.29 is 8.42 Å². The van der Waals surface area contributed by atoms with Gasteiger partial charge in [0, 0.05) is 5.75 Å². The molecule has 0 aromatic carbocycles. The van der Waals surface area contributed by atoms with Crippen molar-refractivity contribution in [2.45, 2.75) is 32.6 Å². The van der Waals surface area contributed by atoms with Gasteiger partial charge in [-0.05, 0) is 31.8 Å². The minimum Gasteiger partial charge on any atom is -0.317 e. The fourth-order valence-corrected chi connectivity index (χ4v) is 2.27. The lowest BCUT2D eigenvalue weighted by Crippen LogP contribution is -2.20. The lowest BCUT2D eigenvalue weighted by atomic mass is 10.3. The summed E-state index contributed by atoms with van der Waals surface area (Å²) in [5.41, 5.74) is 0. The first-order chi connectivity index (χ1) is 6.64. The Bertz CT molecular complexity index is 245. The van der Waals surface area contributed by atoms with Gasteiger partial charge in [0.25, 0.3) is 0 Å². The fourth-order valence-electron chi connectivity index (χ4n) is 1.40. The van der Waals surface area contributed by atoms with Crippen molar-refractivity contribution in [3.8, 4) is 0 Å². The van der Waals surface area contributed by atoms with Gasteiger partial charge in [-0.1, -0.05) is 19.8 Å². The van der Waals surface area contributed by atoms with Crippen LogP contribution < -0.4 is 5.32 Å². The zero-order valence-electron chi connectivity index (χ0n) is 8.96. The molecule has 84 valence electrons. The van der Waals surface area contributed by atoms with Crippen LogP contribution in [0.15, 0.2) is 0 Å². The topological polar surface area (TPSA) is 46.2 Å². The summed E-state index contributed by atoms with van der Waals surface area (Å²) in [6.45, 7) is 3.60. The molecule has 0 amide bonds. The van der Waals surface area contributed by atoms with Crippen LogP contribution in [0.3, 0.4) is 0 Å². The van der Waals surface area contributed by atoms with E-state index in [9.17, 15) is 8.42 Å². The molecule has 0 aromatic rings. The molecular weight excluding hydrogens is 198 g/mol. The van der Waals surface area contributed by atoms with Gasteiger partial charge < -0.3 is 5.32 Å². The lowest BCUT2D eigenvalue weighted by Gasteiger charge is -2.03. The molecule has 14 heavy (non-hydrogen) atoms. The summed E-state index contributed by atoms with van der Waals surface area (Å²) in [5.74, 6) is 1.57. The third-order valence-corrected chi connectivity index (χ3v) is 4.47. The number of sulfone groups is 1. The first-order valence-corrected chi connectivity index (χ1v) is 7.37. The van der Waals surface area contributed by atoms with E-state index >= 15 is 0 Å². The maximum Gasteiger partial charge on any atom is 0.150 e. The van der Waals surface area contributed by atoms with E-state index in [-0.39, 0.29) is 5.75 Å². The van der Waals surface area contributed by atoms with Crippen molar-refractivity contribution in [3.63, 3.8) is 0 Å². The quantitative estimate of drug-likeness (QED) is 0.624. The molecule has 0 unspecified atom stereocenters. The van der Waals surface area contributed by atoms with E-state index in [4.69, 9.17) is 0 Å². The molecule has 1 fully saturated rings. The molecule has 0 bridgehead atoms. The largest absolute Gasteiger partial charge is 0.317 e. The van der Waals surface area contributed by atoms with Crippen LogP contribution in [-0.4, -0.2) is 33.0 Å². The SMILES string of the molecule is CCS(=O)(=O)CCCNCCC1CC1. The molecule has 1 saturated carbocycles. The summed E-state index contributed by atoms with van der Waals surface area (Å²) in [4.78, 5) is 0. The molecule has 0 spiro atoms. The third kappa shape index (κ3) is 5.60. The smallest absolute Gasteiger partial charge is 0.150 e. The highest BCUT2D eigenvalue weighted by Gasteiger charge is 2.19. The highest BCUT2D eigenvalue weighted by molar-refractivity contribution is 7.91. The second-order valence-corrected chi connectivity index (χ2v) is 6.54. The van der Waals surface area contributed by atoms with Crippen LogP contribution in [0.25, 0.3) is 0 Å². The first-order valence-electron chi connectivity index (χ1n) is 5.55. The van der Waals surface area contributed by atoms with Crippen LogP contribution in [0.4, 0.5) is 0 Å². The van der Waals surface area contributed by atoms with Gasteiger partial charge in [0.1, 0.15) is 9.84 Å². The second-order valence-electron chi connectivity index (χ2n) is 4.07. The average Bonchev–Trinajstić information content (AvgIpc) is 2.95. The third-order valence-electron chi connectivity index (χ3n) is 2.68. The van der Waals surface area contributed by atoms with Gasteiger partial charge in [0.2, 0.25) is 0 Å². The fraction of sp³-hybridized carbons (Fsp3) is 1.00. The molecule has 1 rings (SSSR count). The molecule has 4 heteroatoms. The minimum atomic E-state index is -2.75. The molecular formula is C10H21NO2S. The van der Waals surface area contributed by atoms with Crippen LogP contribution in [0.5, 0.6) is 0 Å². The Kier molecular flexibility index (Phi) is 4.89. The molecule has 0 aromatic heterocycles. The maximum absolute atomic E-state index is 11.1. The van der Waals surface area contributed by atoms with Crippen LogP contribution in [0.2, 0.25) is 0 Å². The van der Waals surface area contributed by atoms with E-state index in [2.05, 4.69) is 5.32 Å². The molecule has 0 radical (unpaired) electrons. The van der Waals surface area contributed by atoms with E-state index in [1.165, 1.54) is 19.3 Å². The first kappa shape index (κ1) is 12.0. The average molecular weight is 219 g/mol. The zero-order valence-corrected chi connectivity index (χ0v) is 9.78. The van der Waals surface area contributed by atoms with Gasteiger partial charge >= 0.3 is 0 Å². The van der Waals surface area contributed by atoms with Crippen LogP contribution in [-0.2, 0) is 9.84 Å². The van der Waals surface area contributed by atoms with E-state index in [1.807, 2.05) is 0 Å². The second kappa shape index (κ2) is 5.71. The van der Waals surface area contributed by atoms with Crippen LogP contribution in [0.1, 0.15) is 32.6 Å². The molecule has 0 heterocycles. The Balaban J connectivity index is 1.88. The molecule has 1 aliphatic rings. The molecule has 0 saturated heterocycles. The summed E-state index contributed by atoms with van der Waals surface area (Å²) in [6, 6.07) is 0. The van der Waals surface area contributed by atoms with Gasteiger partial charge in [-0.3, -0.25) is 0 Å². The summed E-state index contributed by atoms with van der Waals surface area (Å²) < 4.78 is 22.2. The highest BCUT2D eigenvalue weighted by atomic mass is 32.2. The van der Waals surface area contributed by atoms with Gasteiger partial charge in [-0.25, -0.2) is 8.42 Å². The highest BCUT2D eigenvalue weighted by Crippen LogP contribution is 2.31. The van der Waals surface area contributed by atoms with Crippen molar-refractivity contribution in [1.82, 2.24) is 5.32 Å². The Hall–Kier alpha value is -0.0900. The molecule has 1 N–H and O–H groups in total. The predicted octanol–water partition coefficient (Wildman–Crippen LogP) is 1.20. The number of hydrogen-bond donors (Lipinski definition) is 1. The monoisotopic (exact) mass is 219 g/mol. The van der Waals surface area contributed by atoms with E-state index in [0.29, 0.717) is 5.75 Å². The van der Waals surface area contributed by atoms with Gasteiger partial charge in [-0.15, -0.1) is 0 Å². The number of nitrogens with one attached hydrogen (secondary N) is 1. The molecule has 0 atom stereocenters. The standard InChI is InChI=1S/C10H21NO2S/c1-2-14(12,13)9-3-7-11-8-6-10-4-5-10/h10-11H,2-9H2,1H3. The molecule has 1 aliphatic carbocycles. The summed E-state index contributed by atoms with van der Waals surface area (Å²) in [7, 11) is -2.75.